The molecule has 0 radical (unpaired) electrons. The third-order valence-electron chi connectivity index (χ3n) is 1.57. The lowest BCUT2D eigenvalue weighted by Gasteiger charge is -2.01. The van der Waals surface area contributed by atoms with E-state index in [4.69, 9.17) is 0 Å². The van der Waals surface area contributed by atoms with Crippen molar-refractivity contribution < 1.29 is 0 Å². The Morgan fingerprint density at radius 1 is 1.44 bits per heavy atom. The number of H-pyrrole nitrogens is 1. The highest BCUT2D eigenvalue weighted by atomic mass is 14.7. The lowest BCUT2D eigenvalue weighted by atomic mass is 10.1. The second-order valence-corrected chi connectivity index (χ2v) is 2.73. The van der Waals surface area contributed by atoms with Crippen LogP contribution in [-0.4, -0.2) is 4.98 Å². The topological polar surface area (TPSA) is 15.8 Å². The van der Waals surface area contributed by atoms with Crippen molar-refractivity contribution in [3.63, 3.8) is 0 Å². The first-order valence-electron chi connectivity index (χ1n) is 3.35. The Balaban J connectivity index is 2.94. The van der Waals surface area contributed by atoms with E-state index in [-0.39, 0.29) is 0 Å². The summed E-state index contributed by atoms with van der Waals surface area (Å²) in [6.45, 7) is 6.52. The van der Waals surface area contributed by atoms with Crippen LogP contribution in [0.3, 0.4) is 0 Å². The molecule has 0 aliphatic carbocycles. The average molecular weight is 123 g/mol. The summed E-state index contributed by atoms with van der Waals surface area (Å²) in [6.07, 6.45) is 1.99. The van der Waals surface area contributed by atoms with Crippen molar-refractivity contribution in [1.29, 1.82) is 0 Å². The molecule has 50 valence electrons. The minimum absolute atomic E-state index is 0.625. The van der Waals surface area contributed by atoms with E-state index in [0.717, 1.165) is 0 Å². The first-order chi connectivity index (χ1) is 4.22. The lowest BCUT2D eigenvalue weighted by molar-refractivity contribution is 0.824. The third-order valence-corrected chi connectivity index (χ3v) is 1.57. The minimum atomic E-state index is 0.625. The number of hydrogen-bond donors (Lipinski definition) is 1. The van der Waals surface area contributed by atoms with Gasteiger partial charge in [-0.25, -0.2) is 0 Å². The van der Waals surface area contributed by atoms with Crippen molar-refractivity contribution in [2.24, 2.45) is 0 Å². The Bertz CT molecular complexity index is 186. The van der Waals surface area contributed by atoms with Crippen LogP contribution >= 0.6 is 0 Å². The zero-order valence-corrected chi connectivity index (χ0v) is 6.23. The van der Waals surface area contributed by atoms with Crippen molar-refractivity contribution in [3.8, 4) is 0 Å². The second kappa shape index (κ2) is 2.26. The van der Waals surface area contributed by atoms with Crippen LogP contribution in [-0.2, 0) is 0 Å². The lowest BCUT2D eigenvalue weighted by Crippen LogP contribution is -1.88. The van der Waals surface area contributed by atoms with Gasteiger partial charge in [0.15, 0.2) is 0 Å². The van der Waals surface area contributed by atoms with E-state index in [2.05, 4.69) is 31.8 Å². The Morgan fingerprint density at radius 2 is 2.11 bits per heavy atom. The highest BCUT2D eigenvalue weighted by Gasteiger charge is 2.01. The van der Waals surface area contributed by atoms with Crippen LogP contribution in [0.25, 0.3) is 0 Å². The summed E-state index contributed by atoms with van der Waals surface area (Å²) in [7, 11) is 0. The molecular weight excluding hydrogens is 110 g/mol. The summed E-state index contributed by atoms with van der Waals surface area (Å²) in [5.74, 6) is 0.625. The standard InChI is InChI=1S/C8H13N/c1-6(2)8-7(3)4-5-9-8/h4-6,9H,1-3H3. The molecular formula is C8H13N. The zero-order chi connectivity index (χ0) is 6.85. The Morgan fingerprint density at radius 3 is 2.33 bits per heavy atom. The molecule has 0 spiro atoms. The normalized spacial score (nSPS) is 10.7. The molecule has 1 nitrogen and oxygen atoms in total. The van der Waals surface area contributed by atoms with Gasteiger partial charge >= 0.3 is 0 Å². The molecule has 0 aliphatic heterocycles. The molecule has 0 fully saturated rings. The molecule has 0 aliphatic rings. The molecule has 9 heavy (non-hydrogen) atoms. The highest BCUT2D eigenvalue weighted by molar-refractivity contribution is 5.20. The Hall–Kier alpha value is -0.720. The van der Waals surface area contributed by atoms with Crippen LogP contribution in [0.15, 0.2) is 12.3 Å². The van der Waals surface area contributed by atoms with Crippen LogP contribution in [0.1, 0.15) is 31.0 Å². The van der Waals surface area contributed by atoms with Gasteiger partial charge < -0.3 is 4.98 Å². The molecule has 0 aromatic carbocycles. The predicted molar refractivity (Wildman–Crippen MR) is 39.6 cm³/mol. The number of aromatic nitrogens is 1. The molecule has 0 bridgehead atoms. The molecule has 1 aromatic rings. The number of aryl methyl sites for hydroxylation is 1. The number of hydrogen-bond acceptors (Lipinski definition) is 0. The molecule has 1 heterocycles. The monoisotopic (exact) mass is 123 g/mol. The van der Waals surface area contributed by atoms with E-state index in [0.29, 0.717) is 5.92 Å². The molecule has 0 saturated carbocycles. The van der Waals surface area contributed by atoms with Crippen molar-refractivity contribution in [2.45, 2.75) is 26.7 Å². The number of rotatable bonds is 1. The summed E-state index contributed by atoms with van der Waals surface area (Å²) >= 11 is 0. The average Bonchev–Trinajstić information content (AvgIpc) is 2.13. The summed E-state index contributed by atoms with van der Waals surface area (Å²) in [5.41, 5.74) is 2.72. The fourth-order valence-corrected chi connectivity index (χ4v) is 1.08. The number of aromatic amines is 1. The summed E-state index contributed by atoms with van der Waals surface area (Å²) in [4.78, 5) is 3.20. The van der Waals surface area contributed by atoms with Crippen LogP contribution in [0.4, 0.5) is 0 Å². The van der Waals surface area contributed by atoms with E-state index >= 15 is 0 Å². The van der Waals surface area contributed by atoms with E-state index in [1.54, 1.807) is 0 Å². The van der Waals surface area contributed by atoms with E-state index < -0.39 is 0 Å². The van der Waals surface area contributed by atoms with E-state index in [1.165, 1.54) is 11.3 Å². The maximum Gasteiger partial charge on any atom is 0.0202 e. The van der Waals surface area contributed by atoms with Crippen molar-refractivity contribution in [1.82, 2.24) is 4.98 Å². The van der Waals surface area contributed by atoms with Gasteiger partial charge in [0.05, 0.1) is 0 Å². The minimum Gasteiger partial charge on any atom is -0.365 e. The molecule has 1 heteroatoms. The largest absolute Gasteiger partial charge is 0.365 e. The van der Waals surface area contributed by atoms with Gasteiger partial charge in [-0.05, 0) is 24.5 Å². The van der Waals surface area contributed by atoms with Crippen molar-refractivity contribution in [2.75, 3.05) is 0 Å². The fourth-order valence-electron chi connectivity index (χ4n) is 1.08. The molecule has 0 amide bonds. The van der Waals surface area contributed by atoms with Crippen LogP contribution < -0.4 is 0 Å². The number of nitrogens with one attached hydrogen (secondary N) is 1. The molecule has 1 rings (SSSR count). The van der Waals surface area contributed by atoms with E-state index in [9.17, 15) is 0 Å². The van der Waals surface area contributed by atoms with Crippen molar-refractivity contribution in [3.05, 3.63) is 23.5 Å². The summed E-state index contributed by atoms with van der Waals surface area (Å²) in [6, 6.07) is 2.11. The third kappa shape index (κ3) is 1.15. The van der Waals surface area contributed by atoms with Crippen LogP contribution in [0, 0.1) is 6.92 Å². The summed E-state index contributed by atoms with van der Waals surface area (Å²) < 4.78 is 0. The first kappa shape index (κ1) is 6.40. The SMILES string of the molecule is Cc1cc[nH]c1C(C)C. The first-order valence-corrected chi connectivity index (χ1v) is 3.35. The highest BCUT2D eigenvalue weighted by Crippen LogP contribution is 2.15. The molecule has 1 aromatic heterocycles. The predicted octanol–water partition coefficient (Wildman–Crippen LogP) is 2.45. The van der Waals surface area contributed by atoms with Gasteiger partial charge in [-0.1, -0.05) is 13.8 Å². The fraction of sp³-hybridized carbons (Fsp3) is 0.500. The van der Waals surface area contributed by atoms with Gasteiger partial charge in [0, 0.05) is 11.9 Å². The summed E-state index contributed by atoms with van der Waals surface area (Å²) in [5, 5.41) is 0. The van der Waals surface area contributed by atoms with Gasteiger partial charge in [0.1, 0.15) is 0 Å². The Labute approximate surface area is 56.1 Å². The quantitative estimate of drug-likeness (QED) is 0.590. The van der Waals surface area contributed by atoms with Gasteiger partial charge in [-0.15, -0.1) is 0 Å². The Kier molecular flexibility index (Phi) is 1.60. The molecule has 1 N–H and O–H groups in total. The van der Waals surface area contributed by atoms with E-state index in [1.807, 2.05) is 6.20 Å². The smallest absolute Gasteiger partial charge is 0.0202 e. The van der Waals surface area contributed by atoms with Crippen molar-refractivity contribution >= 4 is 0 Å². The van der Waals surface area contributed by atoms with Gasteiger partial charge in [-0.3, -0.25) is 0 Å². The van der Waals surface area contributed by atoms with Gasteiger partial charge in [0.2, 0.25) is 0 Å². The zero-order valence-electron chi connectivity index (χ0n) is 6.23. The maximum atomic E-state index is 3.20. The second-order valence-electron chi connectivity index (χ2n) is 2.73. The molecule has 0 unspecified atom stereocenters. The molecule has 0 saturated heterocycles. The van der Waals surface area contributed by atoms with Crippen LogP contribution in [0.2, 0.25) is 0 Å². The van der Waals surface area contributed by atoms with Gasteiger partial charge in [-0.2, -0.15) is 0 Å². The maximum absolute atomic E-state index is 3.20. The van der Waals surface area contributed by atoms with Crippen LogP contribution in [0.5, 0.6) is 0 Å². The van der Waals surface area contributed by atoms with Gasteiger partial charge in [0.25, 0.3) is 0 Å². The molecule has 0 atom stereocenters.